The monoisotopic (exact) mass is 244 g/mol. The molecule has 0 radical (unpaired) electrons. The molecular weight excluding hydrogens is 243 g/mol. The molecule has 0 aromatic heterocycles. The van der Waals surface area contributed by atoms with Crippen LogP contribution in [0.2, 0.25) is 0 Å². The first-order valence-corrected chi connectivity index (χ1v) is 3.87. The zero-order valence-electron chi connectivity index (χ0n) is 6.83. The predicted octanol–water partition coefficient (Wildman–Crippen LogP) is 3.36. The maximum Gasteiger partial charge on any atom is 0.419 e. The van der Waals surface area contributed by atoms with Crippen LogP contribution in [0.5, 0.6) is 0 Å². The van der Waals surface area contributed by atoms with Crippen molar-refractivity contribution in [1.29, 1.82) is 0 Å². The molecule has 1 rings (SSSR count). The molecular formula is C8H2ClF5O. The SMILES string of the molecule is O=C(Cl)c1cc(F)cc(C(F)(F)F)c1F. The molecule has 82 valence electrons. The summed E-state index contributed by atoms with van der Waals surface area (Å²) in [5.74, 6) is -3.25. The molecule has 0 unspecified atom stereocenters. The number of hydrogen-bond donors (Lipinski definition) is 0. The van der Waals surface area contributed by atoms with Crippen LogP contribution in [-0.4, -0.2) is 5.24 Å². The third kappa shape index (κ3) is 2.44. The van der Waals surface area contributed by atoms with Gasteiger partial charge in [0.1, 0.15) is 11.6 Å². The number of benzene rings is 1. The summed E-state index contributed by atoms with van der Waals surface area (Å²) < 4.78 is 62.0. The number of hydrogen-bond acceptors (Lipinski definition) is 1. The Morgan fingerprint density at radius 1 is 1.20 bits per heavy atom. The lowest BCUT2D eigenvalue weighted by atomic mass is 10.1. The molecule has 0 amide bonds. The first-order chi connectivity index (χ1) is 6.73. The highest BCUT2D eigenvalue weighted by Crippen LogP contribution is 2.33. The van der Waals surface area contributed by atoms with Crippen molar-refractivity contribution in [2.75, 3.05) is 0 Å². The number of carbonyl (C=O) groups excluding carboxylic acids is 1. The zero-order chi connectivity index (χ0) is 11.8. The fourth-order valence-corrected chi connectivity index (χ4v) is 1.08. The highest BCUT2D eigenvalue weighted by atomic mass is 35.5. The summed E-state index contributed by atoms with van der Waals surface area (Å²) in [7, 11) is 0. The van der Waals surface area contributed by atoms with Crippen LogP contribution in [0.25, 0.3) is 0 Å². The topological polar surface area (TPSA) is 17.1 Å². The van der Waals surface area contributed by atoms with Crippen molar-refractivity contribution < 1.29 is 26.7 Å². The molecule has 0 atom stereocenters. The Balaban J connectivity index is 3.49. The molecule has 0 heterocycles. The van der Waals surface area contributed by atoms with Crippen LogP contribution in [0.1, 0.15) is 15.9 Å². The first kappa shape index (κ1) is 11.9. The van der Waals surface area contributed by atoms with Crippen LogP contribution in [0.3, 0.4) is 0 Å². The molecule has 0 aliphatic carbocycles. The van der Waals surface area contributed by atoms with E-state index in [1.165, 1.54) is 0 Å². The van der Waals surface area contributed by atoms with Crippen LogP contribution in [-0.2, 0) is 6.18 Å². The number of rotatable bonds is 1. The van der Waals surface area contributed by atoms with Crippen LogP contribution >= 0.6 is 11.6 Å². The van der Waals surface area contributed by atoms with Crippen molar-refractivity contribution in [1.82, 2.24) is 0 Å². The van der Waals surface area contributed by atoms with E-state index in [4.69, 9.17) is 11.6 Å². The van der Waals surface area contributed by atoms with E-state index in [1.807, 2.05) is 0 Å². The molecule has 0 bridgehead atoms. The largest absolute Gasteiger partial charge is 0.419 e. The molecule has 0 N–H and O–H groups in total. The molecule has 1 aromatic rings. The molecule has 1 nitrogen and oxygen atoms in total. The minimum atomic E-state index is -5.08. The molecule has 7 heteroatoms. The molecule has 15 heavy (non-hydrogen) atoms. The molecule has 0 aliphatic rings. The number of carbonyl (C=O) groups is 1. The Bertz CT molecular complexity index is 412. The molecule has 0 saturated heterocycles. The zero-order valence-corrected chi connectivity index (χ0v) is 7.59. The number of halogens is 6. The smallest absolute Gasteiger partial charge is 0.275 e. The minimum Gasteiger partial charge on any atom is -0.275 e. The Morgan fingerprint density at radius 3 is 2.13 bits per heavy atom. The summed E-state index contributed by atoms with van der Waals surface area (Å²) in [5.41, 5.74) is -2.99. The van der Waals surface area contributed by atoms with Gasteiger partial charge in [-0.2, -0.15) is 13.2 Å². The van der Waals surface area contributed by atoms with Gasteiger partial charge < -0.3 is 0 Å². The van der Waals surface area contributed by atoms with Gasteiger partial charge in [-0.15, -0.1) is 0 Å². The lowest BCUT2D eigenvalue weighted by molar-refractivity contribution is -0.140. The van der Waals surface area contributed by atoms with E-state index in [0.29, 0.717) is 6.07 Å². The molecule has 1 aromatic carbocycles. The van der Waals surface area contributed by atoms with E-state index in [-0.39, 0.29) is 6.07 Å². The van der Waals surface area contributed by atoms with Gasteiger partial charge in [0.15, 0.2) is 0 Å². The summed E-state index contributed by atoms with van der Waals surface area (Å²) in [5, 5.41) is -1.49. The van der Waals surface area contributed by atoms with Gasteiger partial charge in [-0.1, -0.05) is 0 Å². The second kappa shape index (κ2) is 3.77. The summed E-state index contributed by atoms with van der Waals surface area (Å²) in [6.07, 6.45) is -5.08. The molecule has 0 saturated carbocycles. The van der Waals surface area contributed by atoms with E-state index in [1.54, 1.807) is 0 Å². The summed E-state index contributed by atoms with van der Waals surface area (Å²) in [4.78, 5) is 10.5. The maximum absolute atomic E-state index is 13.0. The van der Waals surface area contributed by atoms with Gasteiger partial charge in [-0.25, -0.2) is 8.78 Å². The fraction of sp³-hybridized carbons (Fsp3) is 0.125. The summed E-state index contributed by atoms with van der Waals surface area (Å²) >= 11 is 4.79. The standard InChI is InChI=1S/C8H2ClF5O/c9-7(15)4-1-3(10)2-5(6(4)11)8(12,13)14/h1-2H. The van der Waals surface area contributed by atoms with Gasteiger partial charge in [0.05, 0.1) is 11.1 Å². The second-order valence-electron chi connectivity index (χ2n) is 2.59. The lowest BCUT2D eigenvalue weighted by Gasteiger charge is -2.09. The average molecular weight is 245 g/mol. The fourth-order valence-electron chi connectivity index (χ4n) is 0.939. The Morgan fingerprint density at radius 2 is 1.73 bits per heavy atom. The normalized spacial score (nSPS) is 11.6. The van der Waals surface area contributed by atoms with Crippen molar-refractivity contribution in [3.8, 4) is 0 Å². The highest BCUT2D eigenvalue weighted by molar-refractivity contribution is 6.67. The Hall–Kier alpha value is -1.17. The van der Waals surface area contributed by atoms with E-state index >= 15 is 0 Å². The Labute approximate surface area is 85.5 Å². The van der Waals surface area contributed by atoms with E-state index < -0.39 is 34.2 Å². The van der Waals surface area contributed by atoms with Crippen molar-refractivity contribution >= 4 is 16.8 Å². The molecule has 0 aliphatic heterocycles. The van der Waals surface area contributed by atoms with Gasteiger partial charge in [-0.3, -0.25) is 4.79 Å². The molecule has 0 spiro atoms. The van der Waals surface area contributed by atoms with Gasteiger partial charge in [-0.05, 0) is 23.7 Å². The lowest BCUT2D eigenvalue weighted by Crippen LogP contribution is -2.12. The second-order valence-corrected chi connectivity index (χ2v) is 2.93. The molecule has 0 fully saturated rings. The summed E-state index contributed by atoms with van der Waals surface area (Å²) in [6.45, 7) is 0. The van der Waals surface area contributed by atoms with Crippen molar-refractivity contribution in [2.24, 2.45) is 0 Å². The highest BCUT2D eigenvalue weighted by Gasteiger charge is 2.36. The van der Waals surface area contributed by atoms with Crippen LogP contribution in [0.15, 0.2) is 12.1 Å². The average Bonchev–Trinajstić information content (AvgIpc) is 2.06. The third-order valence-corrected chi connectivity index (χ3v) is 1.76. The van der Waals surface area contributed by atoms with Crippen LogP contribution < -0.4 is 0 Å². The quantitative estimate of drug-likeness (QED) is 0.547. The maximum atomic E-state index is 13.0. The van der Waals surface area contributed by atoms with Crippen molar-refractivity contribution in [3.63, 3.8) is 0 Å². The van der Waals surface area contributed by atoms with Gasteiger partial charge in [0, 0.05) is 0 Å². The minimum absolute atomic E-state index is 0.0430. The van der Waals surface area contributed by atoms with E-state index in [0.717, 1.165) is 0 Å². The van der Waals surface area contributed by atoms with Gasteiger partial charge in [0.25, 0.3) is 5.24 Å². The predicted molar refractivity (Wildman–Crippen MR) is 41.5 cm³/mol. The number of alkyl halides is 3. The summed E-state index contributed by atoms with van der Waals surface area (Å²) in [6, 6.07) is 0.262. The van der Waals surface area contributed by atoms with Crippen molar-refractivity contribution in [2.45, 2.75) is 6.18 Å². The van der Waals surface area contributed by atoms with Crippen molar-refractivity contribution in [3.05, 3.63) is 34.9 Å². The van der Waals surface area contributed by atoms with Crippen LogP contribution in [0.4, 0.5) is 22.0 Å². The first-order valence-electron chi connectivity index (χ1n) is 3.49. The Kier molecular flexibility index (Phi) is 2.99. The van der Waals surface area contributed by atoms with Gasteiger partial charge >= 0.3 is 6.18 Å². The van der Waals surface area contributed by atoms with E-state index in [2.05, 4.69) is 0 Å². The third-order valence-electron chi connectivity index (χ3n) is 1.55. The van der Waals surface area contributed by atoms with Gasteiger partial charge in [0.2, 0.25) is 0 Å². The van der Waals surface area contributed by atoms with E-state index in [9.17, 15) is 26.7 Å². The van der Waals surface area contributed by atoms with Crippen LogP contribution in [0, 0.1) is 11.6 Å².